The van der Waals surface area contributed by atoms with Crippen LogP contribution in [0.2, 0.25) is 0 Å². The van der Waals surface area contributed by atoms with Gasteiger partial charge in [0.05, 0.1) is 5.69 Å². The number of hydrogen-bond donors (Lipinski definition) is 0. The third kappa shape index (κ3) is 3.18. The van der Waals surface area contributed by atoms with Crippen LogP contribution in [0.25, 0.3) is 0 Å². The topological polar surface area (TPSA) is 37.4 Å². The molecule has 0 unspecified atom stereocenters. The number of anilines is 1. The van der Waals surface area contributed by atoms with Gasteiger partial charge in [-0.25, -0.2) is 0 Å². The maximum atomic E-state index is 11.5. The Morgan fingerprint density at radius 1 is 1.12 bits per heavy atom. The third-order valence-electron chi connectivity index (χ3n) is 3.19. The molecule has 0 radical (unpaired) electrons. The maximum Gasteiger partial charge on any atom is 0.249 e. The summed E-state index contributed by atoms with van der Waals surface area (Å²) < 4.78 is 0. The molecule has 0 amide bonds. The highest BCUT2D eigenvalue weighted by Crippen LogP contribution is 2.23. The lowest BCUT2D eigenvalue weighted by atomic mass is 9.88. The normalized spacial score (nSPS) is 12.1. The summed E-state index contributed by atoms with van der Waals surface area (Å²) in [6.07, 6.45) is 2.78. The Kier molecular flexibility index (Phi) is 4.12. The maximum absolute atomic E-state index is 11.5. The van der Waals surface area contributed by atoms with Crippen molar-refractivity contribution in [2.45, 2.75) is 47.0 Å². The second kappa shape index (κ2) is 5.03. The van der Waals surface area contributed by atoms with Crippen molar-refractivity contribution in [3.8, 4) is 0 Å². The fourth-order valence-electron chi connectivity index (χ4n) is 2.02. The first-order chi connectivity index (χ1) is 7.78. The molecule has 0 aliphatic heterocycles. The Bertz CT molecular complexity index is 447. The predicted octanol–water partition coefficient (Wildman–Crippen LogP) is 2.11. The van der Waals surface area contributed by atoms with Gasteiger partial charge in [0.15, 0.2) is 0 Å². The molecule has 1 aromatic carbocycles. The van der Waals surface area contributed by atoms with E-state index in [9.17, 15) is 9.59 Å². The van der Waals surface area contributed by atoms with Crippen molar-refractivity contribution in [1.29, 1.82) is 0 Å². The molecule has 0 fully saturated rings. The minimum absolute atomic E-state index is 0.269. The van der Waals surface area contributed by atoms with Gasteiger partial charge in [-0.1, -0.05) is 20.8 Å². The van der Waals surface area contributed by atoms with E-state index in [4.69, 9.17) is 0 Å². The average Bonchev–Trinajstić information content (AvgIpc) is 2.25. The molecule has 0 aliphatic carbocycles. The van der Waals surface area contributed by atoms with Crippen LogP contribution in [0.5, 0.6) is 0 Å². The van der Waals surface area contributed by atoms with Crippen molar-refractivity contribution in [2.75, 3.05) is 18.5 Å². The minimum atomic E-state index is -0.305. The fraction of sp³-hybridized carbons (Fsp3) is 0.714. The summed E-state index contributed by atoms with van der Waals surface area (Å²) >= 11 is 0. The predicted molar refractivity (Wildman–Crippen MR) is 72.7 cm³/mol. The molecule has 0 heterocycles. The standard InChI is InChI=1S/C14H23NO2/c1-6-15(5)11-10(12(16)13(11)17)8-7-9-14(2,3)4/h6-9H2,1-5H3. The monoisotopic (exact) mass is 237 g/mol. The number of hydrogen-bond acceptors (Lipinski definition) is 3. The van der Waals surface area contributed by atoms with Crippen LogP contribution >= 0.6 is 0 Å². The van der Waals surface area contributed by atoms with E-state index >= 15 is 0 Å². The summed E-state index contributed by atoms with van der Waals surface area (Å²) in [4.78, 5) is 24.9. The van der Waals surface area contributed by atoms with Gasteiger partial charge in [-0.2, -0.15) is 0 Å². The van der Waals surface area contributed by atoms with Crippen LogP contribution in [0.4, 0.5) is 5.69 Å². The summed E-state index contributed by atoms with van der Waals surface area (Å²) in [7, 11) is 1.86. The molecule has 0 aromatic heterocycles. The highest BCUT2D eigenvalue weighted by Gasteiger charge is 2.23. The van der Waals surface area contributed by atoms with E-state index < -0.39 is 0 Å². The Hall–Kier alpha value is -1.12. The molecular weight excluding hydrogens is 214 g/mol. The number of rotatable bonds is 5. The summed E-state index contributed by atoms with van der Waals surface area (Å²) in [6.45, 7) is 9.31. The second-order valence-electron chi connectivity index (χ2n) is 5.91. The molecule has 0 saturated carbocycles. The van der Waals surface area contributed by atoms with E-state index in [2.05, 4.69) is 20.8 Å². The lowest BCUT2D eigenvalue weighted by Crippen LogP contribution is -2.42. The molecule has 17 heavy (non-hydrogen) atoms. The molecular formula is C14H23NO2. The molecule has 96 valence electrons. The van der Waals surface area contributed by atoms with Gasteiger partial charge in [0.2, 0.25) is 10.9 Å². The van der Waals surface area contributed by atoms with E-state index in [1.165, 1.54) is 0 Å². The zero-order chi connectivity index (χ0) is 13.2. The summed E-state index contributed by atoms with van der Waals surface area (Å²) in [6, 6.07) is 0. The number of nitrogens with zero attached hydrogens (tertiary/aromatic N) is 1. The zero-order valence-electron chi connectivity index (χ0n) is 11.6. The highest BCUT2D eigenvalue weighted by molar-refractivity contribution is 5.58. The molecule has 0 saturated heterocycles. The van der Waals surface area contributed by atoms with E-state index in [1.54, 1.807) is 0 Å². The summed E-state index contributed by atoms with van der Waals surface area (Å²) in [5.41, 5.74) is 1.10. The van der Waals surface area contributed by atoms with E-state index in [0.29, 0.717) is 5.69 Å². The van der Waals surface area contributed by atoms with Crippen molar-refractivity contribution >= 4 is 5.69 Å². The molecule has 1 aromatic rings. The molecule has 3 nitrogen and oxygen atoms in total. The van der Waals surface area contributed by atoms with Gasteiger partial charge in [0.1, 0.15) is 0 Å². The van der Waals surface area contributed by atoms with Crippen LogP contribution in [-0.4, -0.2) is 13.6 Å². The van der Waals surface area contributed by atoms with Crippen molar-refractivity contribution in [1.82, 2.24) is 0 Å². The van der Waals surface area contributed by atoms with Crippen LogP contribution in [-0.2, 0) is 6.42 Å². The van der Waals surface area contributed by atoms with Gasteiger partial charge in [0.25, 0.3) is 0 Å². The molecule has 0 aliphatic rings. The van der Waals surface area contributed by atoms with Gasteiger partial charge >= 0.3 is 0 Å². The van der Waals surface area contributed by atoms with Crippen LogP contribution in [0.1, 0.15) is 46.1 Å². The van der Waals surface area contributed by atoms with Gasteiger partial charge in [-0.3, -0.25) is 9.59 Å². The molecule has 0 atom stereocenters. The van der Waals surface area contributed by atoms with Crippen LogP contribution in [0, 0.1) is 5.41 Å². The van der Waals surface area contributed by atoms with E-state index in [1.807, 2.05) is 18.9 Å². The van der Waals surface area contributed by atoms with Crippen molar-refractivity contribution in [3.05, 3.63) is 26.0 Å². The van der Waals surface area contributed by atoms with Crippen molar-refractivity contribution in [2.24, 2.45) is 5.41 Å². The average molecular weight is 237 g/mol. The lowest BCUT2D eigenvalue weighted by molar-refractivity contribution is 0.365. The van der Waals surface area contributed by atoms with Gasteiger partial charge in [0, 0.05) is 19.2 Å². The fourth-order valence-corrected chi connectivity index (χ4v) is 2.02. The third-order valence-corrected chi connectivity index (χ3v) is 3.19. The highest BCUT2D eigenvalue weighted by atomic mass is 16.2. The smallest absolute Gasteiger partial charge is 0.249 e. The van der Waals surface area contributed by atoms with Gasteiger partial charge < -0.3 is 4.90 Å². The first-order valence-corrected chi connectivity index (χ1v) is 6.31. The van der Waals surface area contributed by atoms with E-state index in [-0.39, 0.29) is 16.3 Å². The van der Waals surface area contributed by atoms with Crippen molar-refractivity contribution < 1.29 is 0 Å². The first-order valence-electron chi connectivity index (χ1n) is 6.31. The second-order valence-corrected chi connectivity index (χ2v) is 5.91. The Morgan fingerprint density at radius 2 is 1.71 bits per heavy atom. The summed E-state index contributed by atoms with van der Waals surface area (Å²) in [5.74, 6) is 0. The van der Waals surface area contributed by atoms with Gasteiger partial charge in [-0.05, 0) is 31.6 Å². The van der Waals surface area contributed by atoms with Crippen LogP contribution < -0.4 is 15.8 Å². The summed E-state index contributed by atoms with van der Waals surface area (Å²) in [5, 5.41) is 0. The molecule has 3 heteroatoms. The van der Waals surface area contributed by atoms with Crippen LogP contribution in [0.15, 0.2) is 9.59 Å². The molecule has 0 bridgehead atoms. The Labute approximate surface area is 103 Å². The quantitative estimate of drug-likeness (QED) is 0.736. The SMILES string of the molecule is CCN(C)c1c(CCCC(C)(C)C)c(=O)c1=O. The largest absolute Gasteiger partial charge is 0.371 e. The Balaban J connectivity index is 2.70. The first kappa shape index (κ1) is 13.9. The Morgan fingerprint density at radius 3 is 2.18 bits per heavy atom. The molecule has 1 rings (SSSR count). The van der Waals surface area contributed by atoms with Gasteiger partial charge in [-0.15, -0.1) is 0 Å². The molecule has 0 N–H and O–H groups in total. The van der Waals surface area contributed by atoms with E-state index in [0.717, 1.165) is 31.4 Å². The lowest BCUT2D eigenvalue weighted by Gasteiger charge is -2.22. The van der Waals surface area contributed by atoms with Crippen LogP contribution in [0.3, 0.4) is 0 Å². The van der Waals surface area contributed by atoms with Crippen molar-refractivity contribution in [3.63, 3.8) is 0 Å². The minimum Gasteiger partial charge on any atom is -0.371 e. The molecule has 0 spiro atoms. The zero-order valence-corrected chi connectivity index (χ0v) is 11.6.